The van der Waals surface area contributed by atoms with Gasteiger partial charge in [0.25, 0.3) is 0 Å². The van der Waals surface area contributed by atoms with Gasteiger partial charge in [-0.2, -0.15) is 0 Å². The van der Waals surface area contributed by atoms with Gasteiger partial charge in [0.2, 0.25) is 0 Å². The average Bonchev–Trinajstić information content (AvgIpc) is 2.88. The Labute approximate surface area is 115 Å². The van der Waals surface area contributed by atoms with Gasteiger partial charge >= 0.3 is 0 Å². The summed E-state index contributed by atoms with van der Waals surface area (Å²) < 4.78 is 10.5. The van der Waals surface area contributed by atoms with Crippen molar-refractivity contribution in [1.29, 1.82) is 0 Å². The molecular formula is C15H24N2O2. The van der Waals surface area contributed by atoms with Crippen molar-refractivity contribution in [3.05, 3.63) is 46.8 Å². The van der Waals surface area contributed by atoms with Gasteiger partial charge in [0, 0.05) is 0 Å². The first-order valence-electron chi connectivity index (χ1n) is 6.46. The van der Waals surface area contributed by atoms with Gasteiger partial charge in [0.15, 0.2) is 0 Å². The SMILES string of the molecule is CNCc1cc(C)co1.CNCc1oc(C)cc1C. The van der Waals surface area contributed by atoms with Gasteiger partial charge in [-0.05, 0) is 58.1 Å². The molecule has 0 fully saturated rings. The van der Waals surface area contributed by atoms with Gasteiger partial charge in [0.05, 0.1) is 19.4 Å². The third kappa shape index (κ3) is 5.32. The van der Waals surface area contributed by atoms with E-state index in [2.05, 4.69) is 17.6 Å². The number of rotatable bonds is 4. The van der Waals surface area contributed by atoms with Crippen molar-refractivity contribution in [3.8, 4) is 0 Å². The fraction of sp³-hybridized carbons (Fsp3) is 0.467. The fourth-order valence-corrected chi connectivity index (χ4v) is 1.78. The van der Waals surface area contributed by atoms with E-state index in [-0.39, 0.29) is 0 Å². The Morgan fingerprint density at radius 1 is 1.00 bits per heavy atom. The van der Waals surface area contributed by atoms with Crippen molar-refractivity contribution in [1.82, 2.24) is 10.6 Å². The quantitative estimate of drug-likeness (QED) is 0.891. The minimum absolute atomic E-state index is 0.813. The number of hydrogen-bond acceptors (Lipinski definition) is 4. The molecule has 0 unspecified atom stereocenters. The molecule has 0 spiro atoms. The molecule has 106 valence electrons. The summed E-state index contributed by atoms with van der Waals surface area (Å²) in [4.78, 5) is 0. The van der Waals surface area contributed by atoms with E-state index in [1.54, 1.807) is 6.26 Å². The summed E-state index contributed by atoms with van der Waals surface area (Å²) in [6.07, 6.45) is 1.76. The highest BCUT2D eigenvalue weighted by molar-refractivity contribution is 5.18. The van der Waals surface area contributed by atoms with Crippen LogP contribution >= 0.6 is 0 Å². The topological polar surface area (TPSA) is 50.3 Å². The van der Waals surface area contributed by atoms with Crippen molar-refractivity contribution in [3.63, 3.8) is 0 Å². The van der Waals surface area contributed by atoms with E-state index in [4.69, 9.17) is 8.83 Å². The van der Waals surface area contributed by atoms with E-state index < -0.39 is 0 Å². The second-order valence-corrected chi connectivity index (χ2v) is 4.61. The summed E-state index contributed by atoms with van der Waals surface area (Å²) in [5, 5.41) is 6.05. The summed E-state index contributed by atoms with van der Waals surface area (Å²) in [6.45, 7) is 7.67. The van der Waals surface area contributed by atoms with Crippen molar-refractivity contribution >= 4 is 0 Å². The van der Waals surface area contributed by atoms with Gasteiger partial charge in [-0.1, -0.05) is 0 Å². The predicted molar refractivity (Wildman–Crippen MR) is 77.2 cm³/mol. The molecule has 2 N–H and O–H groups in total. The summed E-state index contributed by atoms with van der Waals surface area (Å²) in [7, 11) is 3.81. The maximum Gasteiger partial charge on any atom is 0.120 e. The minimum atomic E-state index is 0.813. The molecule has 2 aromatic rings. The Bertz CT molecular complexity index is 486. The maximum absolute atomic E-state index is 5.39. The van der Waals surface area contributed by atoms with E-state index in [9.17, 15) is 0 Å². The Morgan fingerprint density at radius 3 is 2.11 bits per heavy atom. The van der Waals surface area contributed by atoms with Crippen LogP contribution in [0.3, 0.4) is 0 Å². The molecule has 0 aliphatic heterocycles. The summed E-state index contributed by atoms with van der Waals surface area (Å²) in [6, 6.07) is 4.07. The third-order valence-electron chi connectivity index (χ3n) is 2.62. The Morgan fingerprint density at radius 2 is 1.68 bits per heavy atom. The predicted octanol–water partition coefficient (Wildman–Crippen LogP) is 2.92. The maximum atomic E-state index is 5.39. The molecule has 2 aromatic heterocycles. The number of aryl methyl sites for hydroxylation is 3. The summed E-state index contributed by atoms with van der Waals surface area (Å²) in [5.74, 6) is 3.03. The number of hydrogen-bond donors (Lipinski definition) is 2. The molecule has 4 heteroatoms. The molecule has 0 radical (unpaired) electrons. The van der Waals surface area contributed by atoms with Crippen molar-refractivity contribution in [2.75, 3.05) is 14.1 Å². The zero-order valence-electron chi connectivity index (χ0n) is 12.5. The summed E-state index contributed by atoms with van der Waals surface area (Å²) in [5.41, 5.74) is 2.41. The second kappa shape index (κ2) is 7.81. The van der Waals surface area contributed by atoms with E-state index in [1.807, 2.05) is 40.1 Å². The molecule has 2 heterocycles. The molecule has 0 aliphatic carbocycles. The molecule has 0 saturated heterocycles. The standard InChI is InChI=1S/C8H13NO.C7H11NO/c1-6-4-7(2)10-8(6)5-9-3;1-6-3-7(4-8-2)9-5-6/h4,9H,5H2,1-3H3;3,5,8H,4H2,1-2H3. The lowest BCUT2D eigenvalue weighted by Gasteiger charge is -1.94. The highest BCUT2D eigenvalue weighted by Gasteiger charge is 2.01. The Balaban J connectivity index is 0.000000191. The van der Waals surface area contributed by atoms with E-state index in [0.717, 1.165) is 30.4 Å². The summed E-state index contributed by atoms with van der Waals surface area (Å²) >= 11 is 0. The van der Waals surface area contributed by atoms with Gasteiger partial charge < -0.3 is 19.5 Å². The lowest BCUT2D eigenvalue weighted by molar-refractivity contribution is 0.469. The first-order valence-corrected chi connectivity index (χ1v) is 6.46. The molecule has 0 aliphatic rings. The van der Waals surface area contributed by atoms with Gasteiger partial charge in [-0.3, -0.25) is 0 Å². The lowest BCUT2D eigenvalue weighted by Crippen LogP contribution is -2.04. The average molecular weight is 264 g/mol. The molecular weight excluding hydrogens is 240 g/mol. The minimum Gasteiger partial charge on any atom is -0.468 e. The molecule has 0 amide bonds. The first kappa shape index (κ1) is 15.5. The van der Waals surface area contributed by atoms with Crippen LogP contribution in [-0.4, -0.2) is 14.1 Å². The van der Waals surface area contributed by atoms with Crippen molar-refractivity contribution < 1.29 is 8.83 Å². The molecule has 4 nitrogen and oxygen atoms in total. The van der Waals surface area contributed by atoms with Crippen LogP contribution in [0, 0.1) is 20.8 Å². The molecule has 0 saturated carbocycles. The monoisotopic (exact) mass is 264 g/mol. The van der Waals surface area contributed by atoms with E-state index >= 15 is 0 Å². The second-order valence-electron chi connectivity index (χ2n) is 4.61. The van der Waals surface area contributed by atoms with Gasteiger partial charge in [-0.25, -0.2) is 0 Å². The van der Waals surface area contributed by atoms with Gasteiger partial charge in [0.1, 0.15) is 17.3 Å². The Hall–Kier alpha value is -1.52. The molecule has 2 rings (SSSR count). The highest BCUT2D eigenvalue weighted by Crippen LogP contribution is 2.12. The Kier molecular flexibility index (Phi) is 6.39. The number of furan rings is 2. The lowest BCUT2D eigenvalue weighted by atomic mass is 10.3. The molecule has 0 bridgehead atoms. The van der Waals surface area contributed by atoms with Crippen LogP contribution in [0.2, 0.25) is 0 Å². The van der Waals surface area contributed by atoms with Crippen LogP contribution in [0.4, 0.5) is 0 Å². The van der Waals surface area contributed by atoms with E-state index in [0.29, 0.717) is 0 Å². The van der Waals surface area contributed by atoms with Crippen LogP contribution < -0.4 is 10.6 Å². The smallest absolute Gasteiger partial charge is 0.120 e. The number of nitrogens with one attached hydrogen (secondary N) is 2. The van der Waals surface area contributed by atoms with Gasteiger partial charge in [-0.15, -0.1) is 0 Å². The fourth-order valence-electron chi connectivity index (χ4n) is 1.78. The van der Waals surface area contributed by atoms with Crippen molar-refractivity contribution in [2.45, 2.75) is 33.9 Å². The largest absolute Gasteiger partial charge is 0.468 e. The zero-order valence-corrected chi connectivity index (χ0v) is 12.5. The first-order chi connectivity index (χ1) is 9.06. The molecule has 0 atom stereocenters. The highest BCUT2D eigenvalue weighted by atomic mass is 16.3. The third-order valence-corrected chi connectivity index (χ3v) is 2.62. The van der Waals surface area contributed by atoms with Crippen molar-refractivity contribution in [2.24, 2.45) is 0 Å². The molecule has 19 heavy (non-hydrogen) atoms. The van der Waals surface area contributed by atoms with Crippen LogP contribution in [0.15, 0.2) is 27.2 Å². The zero-order chi connectivity index (χ0) is 14.3. The van der Waals surface area contributed by atoms with Crippen LogP contribution in [0.1, 0.15) is 28.4 Å². The van der Waals surface area contributed by atoms with E-state index in [1.165, 1.54) is 11.1 Å². The van der Waals surface area contributed by atoms with Crippen LogP contribution in [0.5, 0.6) is 0 Å². The van der Waals surface area contributed by atoms with Crippen LogP contribution in [-0.2, 0) is 13.1 Å². The van der Waals surface area contributed by atoms with Crippen LogP contribution in [0.25, 0.3) is 0 Å². The molecule has 0 aromatic carbocycles. The normalized spacial score (nSPS) is 10.2.